The maximum Gasteiger partial charge on any atom is 0.337 e. The highest BCUT2D eigenvalue weighted by molar-refractivity contribution is 6.32. The highest BCUT2D eigenvalue weighted by Gasteiger charge is 2.10. The van der Waals surface area contributed by atoms with E-state index in [0.29, 0.717) is 17.5 Å². The van der Waals surface area contributed by atoms with E-state index in [2.05, 4.69) is 13.8 Å². The monoisotopic (exact) mass is 328 g/mol. The molecule has 0 heterocycles. The fourth-order valence-electron chi connectivity index (χ4n) is 1.62. The number of para-hydroxylation sites is 1. The Hall–Kier alpha value is -1.59. The van der Waals surface area contributed by atoms with E-state index in [1.54, 1.807) is 24.3 Å². The highest BCUT2D eigenvalue weighted by atomic mass is 35.5. The Morgan fingerprint density at radius 1 is 1.14 bits per heavy atom. The minimum Gasteiger partial charge on any atom is -0.464 e. The van der Waals surface area contributed by atoms with Crippen molar-refractivity contribution in [1.29, 1.82) is 0 Å². The average Bonchev–Trinajstić information content (AvgIpc) is 2.46. The zero-order valence-electron chi connectivity index (χ0n) is 12.8. The minimum absolute atomic E-state index is 0.258. The van der Waals surface area contributed by atoms with Gasteiger partial charge in [-0.2, -0.15) is 0 Å². The van der Waals surface area contributed by atoms with Crippen molar-refractivity contribution in [3.63, 3.8) is 0 Å². The molecule has 0 saturated heterocycles. The quantitative estimate of drug-likeness (QED) is 0.395. The van der Waals surface area contributed by atoms with Crippen molar-refractivity contribution in [3.8, 4) is 5.75 Å². The summed E-state index contributed by atoms with van der Waals surface area (Å²) in [5, 5.41) is 0.334. The molecule has 0 unspecified atom stereocenters. The second-order valence-corrected chi connectivity index (χ2v) is 5.56. The van der Waals surface area contributed by atoms with E-state index in [1.807, 2.05) is 0 Å². The summed E-state index contributed by atoms with van der Waals surface area (Å²) in [4.78, 5) is 22.9. The maximum absolute atomic E-state index is 11.5. The van der Waals surface area contributed by atoms with E-state index in [4.69, 9.17) is 25.8 Å². The number of halogens is 1. The third kappa shape index (κ3) is 8.00. The van der Waals surface area contributed by atoms with Gasteiger partial charge in [0.2, 0.25) is 0 Å². The molecule has 0 aliphatic carbocycles. The zero-order valence-corrected chi connectivity index (χ0v) is 13.6. The van der Waals surface area contributed by atoms with Gasteiger partial charge in [0, 0.05) is 0 Å². The summed E-state index contributed by atoms with van der Waals surface area (Å²) in [5.74, 6) is -0.279. The Labute approximate surface area is 135 Å². The Balaban J connectivity index is 2.14. The average molecular weight is 329 g/mol. The van der Waals surface area contributed by atoms with Crippen molar-refractivity contribution in [1.82, 2.24) is 0 Å². The van der Waals surface area contributed by atoms with Gasteiger partial charge in [0.25, 0.3) is 0 Å². The number of esters is 2. The van der Waals surface area contributed by atoms with E-state index >= 15 is 0 Å². The molecule has 0 radical (unpaired) electrons. The van der Waals surface area contributed by atoms with Gasteiger partial charge in [0.05, 0.1) is 11.6 Å². The van der Waals surface area contributed by atoms with Gasteiger partial charge in [-0.25, -0.2) is 9.59 Å². The van der Waals surface area contributed by atoms with Gasteiger partial charge in [-0.05, 0) is 30.9 Å². The van der Waals surface area contributed by atoms with E-state index in [-0.39, 0.29) is 19.0 Å². The van der Waals surface area contributed by atoms with Crippen molar-refractivity contribution < 1.29 is 23.8 Å². The fourth-order valence-corrected chi connectivity index (χ4v) is 1.79. The third-order valence-corrected chi connectivity index (χ3v) is 3.00. The van der Waals surface area contributed by atoms with Crippen LogP contribution in [0.1, 0.15) is 26.7 Å². The first-order valence-corrected chi connectivity index (χ1v) is 7.55. The van der Waals surface area contributed by atoms with Crippen molar-refractivity contribution >= 4 is 23.5 Å². The van der Waals surface area contributed by atoms with Gasteiger partial charge in [-0.1, -0.05) is 37.6 Å². The summed E-state index contributed by atoms with van der Waals surface area (Å²) >= 11 is 5.85. The molecule has 0 N–H and O–H groups in total. The molecule has 0 spiro atoms. The molecular formula is C16H21ClO5. The topological polar surface area (TPSA) is 61.8 Å². The molecule has 0 bridgehead atoms. The maximum atomic E-state index is 11.5. The van der Waals surface area contributed by atoms with E-state index < -0.39 is 11.9 Å². The third-order valence-electron chi connectivity index (χ3n) is 2.69. The lowest BCUT2D eigenvalue weighted by Crippen LogP contribution is -2.20. The number of ether oxygens (including phenoxy) is 3. The molecule has 1 aromatic rings. The number of benzene rings is 1. The Morgan fingerprint density at radius 2 is 1.82 bits per heavy atom. The Kier molecular flexibility index (Phi) is 8.55. The van der Waals surface area contributed by atoms with Gasteiger partial charge in [0.1, 0.15) is 19.0 Å². The molecule has 0 aliphatic rings. The van der Waals surface area contributed by atoms with Crippen LogP contribution in [-0.4, -0.2) is 31.8 Å². The predicted octanol–water partition coefficient (Wildman–Crippen LogP) is 3.24. The molecule has 0 amide bonds. The zero-order chi connectivity index (χ0) is 16.4. The number of carbonyl (C=O) groups is 2. The van der Waals surface area contributed by atoms with Gasteiger partial charge >= 0.3 is 11.9 Å². The minimum atomic E-state index is -0.624. The van der Waals surface area contributed by atoms with Crippen molar-refractivity contribution in [2.75, 3.05) is 19.8 Å². The van der Waals surface area contributed by atoms with Gasteiger partial charge in [0.15, 0.2) is 0 Å². The second-order valence-electron chi connectivity index (χ2n) is 5.15. The predicted molar refractivity (Wildman–Crippen MR) is 82.9 cm³/mol. The molecule has 0 aromatic heterocycles. The molecule has 1 rings (SSSR count). The molecule has 1 aromatic carbocycles. The van der Waals surface area contributed by atoms with Crippen LogP contribution in [0.25, 0.3) is 0 Å². The summed E-state index contributed by atoms with van der Waals surface area (Å²) in [7, 11) is 0. The largest absolute Gasteiger partial charge is 0.464 e. The molecule has 6 heteroatoms. The van der Waals surface area contributed by atoms with Crippen molar-refractivity contribution in [2.24, 2.45) is 5.92 Å². The van der Waals surface area contributed by atoms with Gasteiger partial charge in [-0.15, -0.1) is 0 Å². The van der Waals surface area contributed by atoms with E-state index in [9.17, 15) is 9.59 Å². The van der Waals surface area contributed by atoms with Crippen LogP contribution in [-0.2, 0) is 19.1 Å². The lowest BCUT2D eigenvalue weighted by Gasteiger charge is -2.08. The Morgan fingerprint density at radius 3 is 2.50 bits per heavy atom. The molecule has 0 aliphatic heterocycles. The van der Waals surface area contributed by atoms with Crippen LogP contribution in [0.3, 0.4) is 0 Å². The number of hydrogen-bond acceptors (Lipinski definition) is 5. The summed E-state index contributed by atoms with van der Waals surface area (Å²) < 4.78 is 14.9. The van der Waals surface area contributed by atoms with Crippen LogP contribution < -0.4 is 4.74 Å². The van der Waals surface area contributed by atoms with Crippen LogP contribution in [0.4, 0.5) is 0 Å². The van der Waals surface area contributed by atoms with Crippen LogP contribution >= 0.6 is 11.6 Å². The standard InChI is InChI=1S/C16H21ClO5/c1-12(2)6-5-9-21-15(18)10-20-11-16(19)22-14-8-4-3-7-13(14)17/h3-4,7-8,12H,5-6,9-11H2,1-2H3. The van der Waals surface area contributed by atoms with Crippen LogP contribution in [0.2, 0.25) is 5.02 Å². The number of hydrogen-bond donors (Lipinski definition) is 0. The van der Waals surface area contributed by atoms with Gasteiger partial charge < -0.3 is 14.2 Å². The smallest absolute Gasteiger partial charge is 0.337 e. The molecule has 0 saturated carbocycles. The summed E-state index contributed by atoms with van der Waals surface area (Å²) in [5.41, 5.74) is 0. The summed E-state index contributed by atoms with van der Waals surface area (Å²) in [6.45, 7) is 3.96. The lowest BCUT2D eigenvalue weighted by molar-refractivity contribution is -0.152. The first kappa shape index (κ1) is 18.5. The van der Waals surface area contributed by atoms with Gasteiger partial charge in [-0.3, -0.25) is 0 Å². The molecule has 5 nitrogen and oxygen atoms in total. The Bertz CT molecular complexity index is 487. The first-order chi connectivity index (χ1) is 10.5. The van der Waals surface area contributed by atoms with Crippen LogP contribution in [0.15, 0.2) is 24.3 Å². The SMILES string of the molecule is CC(C)CCCOC(=O)COCC(=O)Oc1ccccc1Cl. The summed E-state index contributed by atoms with van der Waals surface area (Å²) in [6.07, 6.45) is 1.82. The number of carbonyl (C=O) groups excluding carboxylic acids is 2. The number of rotatable bonds is 9. The molecule has 122 valence electrons. The first-order valence-electron chi connectivity index (χ1n) is 7.17. The van der Waals surface area contributed by atoms with E-state index in [1.165, 1.54) is 0 Å². The molecule has 22 heavy (non-hydrogen) atoms. The van der Waals surface area contributed by atoms with Crippen molar-refractivity contribution in [3.05, 3.63) is 29.3 Å². The van der Waals surface area contributed by atoms with Crippen LogP contribution in [0.5, 0.6) is 5.75 Å². The highest BCUT2D eigenvalue weighted by Crippen LogP contribution is 2.23. The fraction of sp³-hybridized carbons (Fsp3) is 0.500. The lowest BCUT2D eigenvalue weighted by atomic mass is 10.1. The molecule has 0 fully saturated rings. The van der Waals surface area contributed by atoms with Crippen LogP contribution in [0, 0.1) is 5.92 Å². The summed E-state index contributed by atoms with van der Waals surface area (Å²) in [6, 6.07) is 6.61. The van der Waals surface area contributed by atoms with E-state index in [0.717, 1.165) is 12.8 Å². The second kappa shape index (κ2) is 10.2. The molecule has 0 atom stereocenters. The van der Waals surface area contributed by atoms with Crippen molar-refractivity contribution in [2.45, 2.75) is 26.7 Å². The normalized spacial score (nSPS) is 10.5. The molecular weight excluding hydrogens is 308 g/mol.